The van der Waals surface area contributed by atoms with Gasteiger partial charge in [0.25, 0.3) is 5.91 Å². The molecule has 0 spiro atoms. The zero-order valence-corrected chi connectivity index (χ0v) is 8.81. The van der Waals surface area contributed by atoms with Gasteiger partial charge in [-0.3, -0.25) is 4.79 Å². The Labute approximate surface area is 89.1 Å². The molecule has 1 aliphatic heterocycles. The lowest BCUT2D eigenvalue weighted by atomic mass is 10.2. The fourth-order valence-electron chi connectivity index (χ4n) is 1.99. The van der Waals surface area contributed by atoms with Gasteiger partial charge in [-0.25, -0.2) is 4.98 Å². The number of hydrogen-bond donors (Lipinski definition) is 1. The fourth-order valence-corrected chi connectivity index (χ4v) is 1.99. The number of carbonyl (C=O) groups excluding carboxylic acids is 1. The highest BCUT2D eigenvalue weighted by Crippen LogP contribution is 2.20. The molecular weight excluding hydrogens is 190 g/mol. The van der Waals surface area contributed by atoms with Crippen molar-refractivity contribution in [1.29, 1.82) is 0 Å². The van der Waals surface area contributed by atoms with E-state index in [1.165, 1.54) is 0 Å². The normalized spacial score (nSPS) is 20.6. The predicted molar refractivity (Wildman–Crippen MR) is 58.4 cm³/mol. The summed E-state index contributed by atoms with van der Waals surface area (Å²) < 4.78 is 0. The van der Waals surface area contributed by atoms with Gasteiger partial charge in [-0.2, -0.15) is 0 Å². The van der Waals surface area contributed by atoms with Crippen LogP contribution in [-0.4, -0.2) is 28.4 Å². The molecule has 1 amide bonds. The number of hydrogen-bond acceptors (Lipinski definition) is 3. The van der Waals surface area contributed by atoms with Crippen molar-refractivity contribution in [3.8, 4) is 0 Å². The van der Waals surface area contributed by atoms with Gasteiger partial charge in [0.15, 0.2) is 0 Å². The number of likely N-dealkylation sites (tertiary alicyclic amines) is 1. The summed E-state index contributed by atoms with van der Waals surface area (Å²) in [6, 6.07) is 3.79. The van der Waals surface area contributed by atoms with Crippen molar-refractivity contribution in [3.05, 3.63) is 23.9 Å². The van der Waals surface area contributed by atoms with Gasteiger partial charge in [0.2, 0.25) is 0 Å². The maximum absolute atomic E-state index is 12.1. The van der Waals surface area contributed by atoms with E-state index in [1.807, 2.05) is 4.90 Å². The number of carbonyl (C=O) groups is 1. The topological polar surface area (TPSA) is 59.2 Å². The average molecular weight is 205 g/mol. The Kier molecular flexibility index (Phi) is 2.58. The van der Waals surface area contributed by atoms with E-state index in [2.05, 4.69) is 11.9 Å². The summed E-state index contributed by atoms with van der Waals surface area (Å²) in [5.41, 5.74) is 6.20. The molecule has 15 heavy (non-hydrogen) atoms. The first kappa shape index (κ1) is 9.96. The zero-order chi connectivity index (χ0) is 10.8. The highest BCUT2D eigenvalue weighted by atomic mass is 16.2. The smallest absolute Gasteiger partial charge is 0.257 e. The van der Waals surface area contributed by atoms with Crippen LogP contribution in [-0.2, 0) is 0 Å². The molecule has 2 heterocycles. The van der Waals surface area contributed by atoms with E-state index in [1.54, 1.807) is 18.3 Å². The molecule has 2 N–H and O–H groups in total. The first-order valence-corrected chi connectivity index (χ1v) is 5.21. The fraction of sp³-hybridized carbons (Fsp3) is 0.455. The Bertz CT molecular complexity index is 378. The average Bonchev–Trinajstić information content (AvgIpc) is 2.64. The standard InChI is InChI=1S/C11H15N3O/c1-8-4-3-7-14(8)11(15)9-5-2-6-13-10(9)12/h2,5-6,8H,3-4,7H2,1H3,(H2,12,13). The number of nitrogen functional groups attached to an aromatic ring is 1. The Hall–Kier alpha value is -1.58. The third-order valence-corrected chi connectivity index (χ3v) is 2.88. The number of nitrogens with zero attached hydrogens (tertiary/aromatic N) is 2. The third kappa shape index (κ3) is 1.79. The Morgan fingerprint density at radius 1 is 1.67 bits per heavy atom. The van der Waals surface area contributed by atoms with Crippen LogP contribution in [0.3, 0.4) is 0 Å². The van der Waals surface area contributed by atoms with Crippen LogP contribution in [0.5, 0.6) is 0 Å². The third-order valence-electron chi connectivity index (χ3n) is 2.88. The molecule has 0 saturated carbocycles. The van der Waals surface area contributed by atoms with Crippen LogP contribution < -0.4 is 5.73 Å². The van der Waals surface area contributed by atoms with Gasteiger partial charge < -0.3 is 10.6 Å². The summed E-state index contributed by atoms with van der Waals surface area (Å²) >= 11 is 0. The van der Waals surface area contributed by atoms with E-state index in [9.17, 15) is 4.79 Å². The molecule has 80 valence electrons. The van der Waals surface area contributed by atoms with Gasteiger partial charge in [0, 0.05) is 18.8 Å². The van der Waals surface area contributed by atoms with Crippen LogP contribution in [0.1, 0.15) is 30.1 Å². The maximum atomic E-state index is 12.1. The molecule has 0 bridgehead atoms. The quantitative estimate of drug-likeness (QED) is 0.751. The lowest BCUT2D eigenvalue weighted by Gasteiger charge is -2.21. The summed E-state index contributed by atoms with van der Waals surface area (Å²) in [7, 11) is 0. The van der Waals surface area contributed by atoms with Crippen molar-refractivity contribution in [2.24, 2.45) is 0 Å². The molecule has 0 aromatic carbocycles. The molecule has 0 radical (unpaired) electrons. The number of aromatic nitrogens is 1. The minimum Gasteiger partial charge on any atom is -0.383 e. The summed E-state index contributed by atoms with van der Waals surface area (Å²) in [6.45, 7) is 2.89. The number of rotatable bonds is 1. The molecule has 4 nitrogen and oxygen atoms in total. The van der Waals surface area contributed by atoms with Crippen molar-refractivity contribution in [1.82, 2.24) is 9.88 Å². The van der Waals surface area contributed by atoms with Gasteiger partial charge in [-0.15, -0.1) is 0 Å². The van der Waals surface area contributed by atoms with Crippen LogP contribution in [0.2, 0.25) is 0 Å². The molecule has 1 atom stereocenters. The van der Waals surface area contributed by atoms with E-state index >= 15 is 0 Å². The van der Waals surface area contributed by atoms with E-state index < -0.39 is 0 Å². The monoisotopic (exact) mass is 205 g/mol. The van der Waals surface area contributed by atoms with E-state index in [-0.39, 0.29) is 5.91 Å². The second kappa shape index (κ2) is 3.88. The van der Waals surface area contributed by atoms with Crippen molar-refractivity contribution in [2.75, 3.05) is 12.3 Å². The predicted octanol–water partition coefficient (Wildman–Crippen LogP) is 1.29. The highest BCUT2D eigenvalue weighted by molar-refractivity contribution is 5.98. The van der Waals surface area contributed by atoms with Crippen LogP contribution in [0, 0.1) is 0 Å². The van der Waals surface area contributed by atoms with Crippen LogP contribution in [0.25, 0.3) is 0 Å². The molecule has 1 fully saturated rings. The van der Waals surface area contributed by atoms with Gasteiger partial charge in [0.1, 0.15) is 5.82 Å². The number of anilines is 1. The number of pyridine rings is 1. The summed E-state index contributed by atoms with van der Waals surface area (Å²) in [5.74, 6) is 0.326. The molecule has 0 aliphatic carbocycles. The first-order chi connectivity index (χ1) is 7.20. The Morgan fingerprint density at radius 2 is 2.47 bits per heavy atom. The molecule has 1 aromatic rings. The summed E-state index contributed by atoms with van der Waals surface area (Å²) in [6.07, 6.45) is 3.75. The lowest BCUT2D eigenvalue weighted by molar-refractivity contribution is 0.0748. The molecule has 2 rings (SSSR count). The van der Waals surface area contributed by atoms with Gasteiger partial charge in [0.05, 0.1) is 5.56 Å². The molecule has 1 saturated heterocycles. The maximum Gasteiger partial charge on any atom is 0.257 e. The molecule has 1 aromatic heterocycles. The van der Waals surface area contributed by atoms with Crippen LogP contribution in [0.15, 0.2) is 18.3 Å². The number of nitrogens with two attached hydrogens (primary N) is 1. The van der Waals surface area contributed by atoms with Crippen LogP contribution >= 0.6 is 0 Å². The second-order valence-electron chi connectivity index (χ2n) is 3.93. The van der Waals surface area contributed by atoms with Crippen LogP contribution in [0.4, 0.5) is 5.82 Å². The summed E-state index contributed by atoms with van der Waals surface area (Å²) in [5, 5.41) is 0. The van der Waals surface area contributed by atoms with Crippen molar-refractivity contribution in [2.45, 2.75) is 25.8 Å². The Morgan fingerprint density at radius 3 is 3.07 bits per heavy atom. The Balaban J connectivity index is 2.24. The van der Waals surface area contributed by atoms with E-state index in [0.717, 1.165) is 19.4 Å². The molecule has 4 heteroatoms. The van der Waals surface area contributed by atoms with Crippen molar-refractivity contribution >= 4 is 11.7 Å². The van der Waals surface area contributed by atoms with Crippen molar-refractivity contribution in [3.63, 3.8) is 0 Å². The van der Waals surface area contributed by atoms with Crippen molar-refractivity contribution < 1.29 is 4.79 Å². The SMILES string of the molecule is CC1CCCN1C(=O)c1cccnc1N. The molecule has 1 aliphatic rings. The van der Waals surface area contributed by atoms with Gasteiger partial charge >= 0.3 is 0 Å². The lowest BCUT2D eigenvalue weighted by Crippen LogP contribution is -2.34. The van der Waals surface area contributed by atoms with Gasteiger partial charge in [-0.1, -0.05) is 0 Å². The second-order valence-corrected chi connectivity index (χ2v) is 3.93. The van der Waals surface area contributed by atoms with E-state index in [0.29, 0.717) is 17.4 Å². The largest absolute Gasteiger partial charge is 0.383 e. The zero-order valence-electron chi connectivity index (χ0n) is 8.81. The van der Waals surface area contributed by atoms with Gasteiger partial charge in [-0.05, 0) is 31.9 Å². The first-order valence-electron chi connectivity index (χ1n) is 5.21. The molecule has 1 unspecified atom stereocenters. The highest BCUT2D eigenvalue weighted by Gasteiger charge is 2.27. The molecular formula is C11H15N3O. The summed E-state index contributed by atoms with van der Waals surface area (Å²) in [4.78, 5) is 17.9. The minimum atomic E-state index is 0.00519. The van der Waals surface area contributed by atoms with E-state index in [4.69, 9.17) is 5.73 Å². The minimum absolute atomic E-state index is 0.00519. The number of amides is 1.